The van der Waals surface area contributed by atoms with Crippen LogP contribution >= 0.6 is 23.2 Å². The van der Waals surface area contributed by atoms with E-state index in [1.165, 1.54) is 6.07 Å². The van der Waals surface area contributed by atoms with Gasteiger partial charge in [-0.1, -0.05) is 23.2 Å². The Morgan fingerprint density at radius 2 is 1.95 bits per heavy atom. The first-order chi connectivity index (χ1) is 9.29. The Balaban J connectivity index is 2.08. The van der Waals surface area contributed by atoms with Crippen molar-refractivity contribution >= 4 is 38.9 Å². The molecular weight excluding hydrogens is 319 g/mol. The van der Waals surface area contributed by atoms with Gasteiger partial charge in [-0.05, 0) is 44.4 Å². The lowest BCUT2D eigenvalue weighted by atomic mass is 10.2. The summed E-state index contributed by atoms with van der Waals surface area (Å²) in [5.74, 6) is 0. The molecule has 0 aliphatic heterocycles. The van der Waals surface area contributed by atoms with Crippen molar-refractivity contribution in [2.24, 2.45) is 0 Å². The second kappa shape index (κ2) is 6.10. The molecule has 0 amide bonds. The van der Waals surface area contributed by atoms with E-state index in [0.717, 1.165) is 18.4 Å². The van der Waals surface area contributed by atoms with Gasteiger partial charge in [-0.3, -0.25) is 4.72 Å². The van der Waals surface area contributed by atoms with E-state index in [1.807, 2.05) is 6.92 Å². The van der Waals surface area contributed by atoms with Crippen LogP contribution in [-0.4, -0.2) is 26.3 Å². The first-order valence-electron chi connectivity index (χ1n) is 6.50. The third-order valence-electron chi connectivity index (χ3n) is 3.30. The van der Waals surface area contributed by atoms with Crippen molar-refractivity contribution in [3.8, 4) is 0 Å². The van der Waals surface area contributed by atoms with Crippen LogP contribution in [0.15, 0.2) is 12.1 Å². The second-order valence-electron chi connectivity index (χ2n) is 5.22. The summed E-state index contributed by atoms with van der Waals surface area (Å²) < 4.78 is 27.0. The van der Waals surface area contributed by atoms with E-state index in [-0.39, 0.29) is 0 Å². The van der Waals surface area contributed by atoms with Crippen molar-refractivity contribution in [1.29, 1.82) is 0 Å². The number of hydrogen-bond donors (Lipinski definition) is 2. The van der Waals surface area contributed by atoms with Crippen LogP contribution in [0.4, 0.5) is 5.69 Å². The van der Waals surface area contributed by atoms with Crippen molar-refractivity contribution in [1.82, 2.24) is 5.32 Å². The standard InChI is InChI=1S/C13H18Cl2N2O2S/c1-8-5-12(15)13(6-11(8)14)17-20(18,19)9(2)7-16-10-3-4-10/h5-6,9-10,16-17H,3-4,7H2,1-2H3. The van der Waals surface area contributed by atoms with Crippen molar-refractivity contribution in [2.45, 2.75) is 38.0 Å². The Hall–Kier alpha value is -0.490. The molecule has 112 valence electrons. The largest absolute Gasteiger partial charge is 0.313 e. The van der Waals surface area contributed by atoms with E-state index in [9.17, 15) is 8.42 Å². The molecule has 0 aromatic heterocycles. The smallest absolute Gasteiger partial charge is 0.236 e. The van der Waals surface area contributed by atoms with Crippen LogP contribution in [-0.2, 0) is 10.0 Å². The minimum absolute atomic E-state index is 0.320. The van der Waals surface area contributed by atoms with E-state index in [2.05, 4.69) is 10.0 Å². The maximum Gasteiger partial charge on any atom is 0.236 e. The molecule has 0 spiro atoms. The molecule has 2 rings (SSSR count). The van der Waals surface area contributed by atoms with Crippen LogP contribution in [0.2, 0.25) is 10.0 Å². The summed E-state index contributed by atoms with van der Waals surface area (Å²) in [4.78, 5) is 0. The quantitative estimate of drug-likeness (QED) is 0.838. The Kier molecular flexibility index (Phi) is 4.84. The van der Waals surface area contributed by atoms with Crippen LogP contribution in [0.3, 0.4) is 0 Å². The van der Waals surface area contributed by atoms with Gasteiger partial charge in [-0.15, -0.1) is 0 Å². The highest BCUT2D eigenvalue weighted by atomic mass is 35.5. The van der Waals surface area contributed by atoms with Crippen molar-refractivity contribution in [2.75, 3.05) is 11.3 Å². The van der Waals surface area contributed by atoms with E-state index in [0.29, 0.717) is 28.3 Å². The molecule has 1 unspecified atom stereocenters. The van der Waals surface area contributed by atoms with Crippen LogP contribution < -0.4 is 10.0 Å². The van der Waals surface area contributed by atoms with Gasteiger partial charge in [0.15, 0.2) is 0 Å². The first kappa shape index (κ1) is 15.9. The Morgan fingerprint density at radius 3 is 2.55 bits per heavy atom. The van der Waals surface area contributed by atoms with Gasteiger partial charge in [0.1, 0.15) is 0 Å². The van der Waals surface area contributed by atoms with Gasteiger partial charge in [-0.2, -0.15) is 0 Å². The van der Waals surface area contributed by atoms with Gasteiger partial charge in [0.05, 0.1) is 16.0 Å². The summed E-state index contributed by atoms with van der Waals surface area (Å²) >= 11 is 12.0. The van der Waals surface area contributed by atoms with Crippen molar-refractivity contribution in [3.63, 3.8) is 0 Å². The Bertz CT molecular complexity index is 601. The molecule has 0 bridgehead atoms. The SMILES string of the molecule is Cc1cc(Cl)c(NS(=O)(=O)C(C)CNC2CC2)cc1Cl. The highest BCUT2D eigenvalue weighted by molar-refractivity contribution is 7.93. The van der Waals surface area contributed by atoms with Gasteiger partial charge in [0, 0.05) is 17.6 Å². The molecule has 1 atom stereocenters. The number of benzene rings is 1. The molecule has 1 fully saturated rings. The van der Waals surface area contributed by atoms with Crippen molar-refractivity contribution < 1.29 is 8.42 Å². The summed E-state index contributed by atoms with van der Waals surface area (Å²) in [5, 5.41) is 3.49. The molecule has 7 heteroatoms. The van der Waals surface area contributed by atoms with Gasteiger partial charge in [0.25, 0.3) is 0 Å². The van der Waals surface area contributed by atoms with Crippen LogP contribution in [0.5, 0.6) is 0 Å². The van der Waals surface area contributed by atoms with Gasteiger partial charge >= 0.3 is 0 Å². The number of rotatable bonds is 6. The molecule has 0 radical (unpaired) electrons. The zero-order valence-electron chi connectivity index (χ0n) is 11.4. The third-order valence-corrected chi connectivity index (χ3v) is 5.75. The molecule has 0 heterocycles. The normalized spacial score (nSPS) is 17.0. The molecule has 1 saturated carbocycles. The number of nitrogens with one attached hydrogen (secondary N) is 2. The fourth-order valence-electron chi connectivity index (χ4n) is 1.71. The maximum absolute atomic E-state index is 12.2. The number of sulfonamides is 1. The molecule has 1 aliphatic carbocycles. The van der Waals surface area contributed by atoms with Crippen LogP contribution in [0, 0.1) is 6.92 Å². The highest BCUT2D eigenvalue weighted by Crippen LogP contribution is 2.30. The maximum atomic E-state index is 12.2. The first-order valence-corrected chi connectivity index (χ1v) is 8.80. The molecule has 1 aromatic rings. The van der Waals surface area contributed by atoms with Crippen LogP contribution in [0.25, 0.3) is 0 Å². The van der Waals surface area contributed by atoms with E-state index >= 15 is 0 Å². The fourth-order valence-corrected chi connectivity index (χ4v) is 3.19. The minimum atomic E-state index is -3.49. The van der Waals surface area contributed by atoms with Crippen LogP contribution in [0.1, 0.15) is 25.3 Å². The van der Waals surface area contributed by atoms with E-state index in [4.69, 9.17) is 23.2 Å². The molecule has 0 saturated heterocycles. The number of halogens is 2. The highest BCUT2D eigenvalue weighted by Gasteiger charge is 2.26. The van der Waals surface area contributed by atoms with Gasteiger partial charge in [0.2, 0.25) is 10.0 Å². The summed E-state index contributed by atoms with van der Waals surface area (Å²) in [5.41, 5.74) is 1.13. The molecule has 1 aromatic carbocycles. The summed E-state index contributed by atoms with van der Waals surface area (Å²) in [6, 6.07) is 3.66. The van der Waals surface area contributed by atoms with E-state index < -0.39 is 15.3 Å². The van der Waals surface area contributed by atoms with E-state index in [1.54, 1.807) is 13.0 Å². The topological polar surface area (TPSA) is 58.2 Å². The molecule has 1 aliphatic rings. The summed E-state index contributed by atoms with van der Waals surface area (Å²) in [6.07, 6.45) is 2.25. The molecular formula is C13H18Cl2N2O2S. The number of aryl methyl sites for hydroxylation is 1. The summed E-state index contributed by atoms with van der Waals surface area (Å²) in [6.45, 7) is 3.91. The Labute approximate surface area is 129 Å². The fraction of sp³-hybridized carbons (Fsp3) is 0.538. The zero-order valence-corrected chi connectivity index (χ0v) is 13.7. The van der Waals surface area contributed by atoms with Crippen molar-refractivity contribution in [3.05, 3.63) is 27.7 Å². The predicted molar refractivity (Wildman–Crippen MR) is 84.2 cm³/mol. The molecule has 2 N–H and O–H groups in total. The lowest BCUT2D eigenvalue weighted by Crippen LogP contribution is -2.35. The lowest BCUT2D eigenvalue weighted by molar-refractivity contribution is 0.576. The minimum Gasteiger partial charge on any atom is -0.313 e. The number of anilines is 1. The third kappa shape index (κ3) is 4.01. The predicted octanol–water partition coefficient (Wildman–Crippen LogP) is 3.18. The lowest BCUT2D eigenvalue weighted by Gasteiger charge is -2.16. The number of hydrogen-bond acceptors (Lipinski definition) is 3. The molecule has 20 heavy (non-hydrogen) atoms. The van der Waals surface area contributed by atoms with Gasteiger partial charge in [-0.25, -0.2) is 8.42 Å². The monoisotopic (exact) mass is 336 g/mol. The molecule has 4 nitrogen and oxygen atoms in total. The average molecular weight is 337 g/mol. The Morgan fingerprint density at radius 1 is 1.30 bits per heavy atom. The second-order valence-corrected chi connectivity index (χ2v) is 8.13. The zero-order chi connectivity index (χ0) is 14.9. The average Bonchev–Trinajstić information content (AvgIpc) is 3.16. The van der Waals surface area contributed by atoms with Gasteiger partial charge < -0.3 is 5.32 Å². The summed E-state index contributed by atoms with van der Waals surface area (Å²) in [7, 11) is -3.49.